The van der Waals surface area contributed by atoms with Crippen molar-refractivity contribution >= 4 is 34.2 Å². The van der Waals surface area contributed by atoms with E-state index >= 15 is 0 Å². The van der Waals surface area contributed by atoms with Crippen LogP contribution in [-0.2, 0) is 24.3 Å². The van der Waals surface area contributed by atoms with E-state index in [0.29, 0.717) is 35.5 Å². The Kier molecular flexibility index (Phi) is 7.80. The SMILES string of the molecule is CCc1ccccc1NC(=O)Cn1nc2n(CCC(C)C)c(=O)c3ccc(C(=O)NC(C)C)cc3n2c1=O. The first-order valence-corrected chi connectivity index (χ1v) is 13.0. The molecule has 200 valence electrons. The van der Waals surface area contributed by atoms with Gasteiger partial charge in [-0.05, 0) is 62.4 Å². The number of carbonyl (C=O) groups is 2. The lowest BCUT2D eigenvalue weighted by atomic mass is 10.1. The van der Waals surface area contributed by atoms with Crippen molar-refractivity contribution in [1.29, 1.82) is 0 Å². The lowest BCUT2D eigenvalue weighted by Gasteiger charge is -2.12. The number of fused-ring (bicyclic) bond motifs is 3. The molecule has 4 rings (SSSR count). The number of anilines is 1. The molecule has 38 heavy (non-hydrogen) atoms. The smallest absolute Gasteiger partial charge is 0.350 e. The lowest BCUT2D eigenvalue weighted by Crippen LogP contribution is -2.31. The van der Waals surface area contributed by atoms with Crippen LogP contribution >= 0.6 is 0 Å². The molecule has 2 amide bonds. The van der Waals surface area contributed by atoms with Crippen molar-refractivity contribution in [3.05, 3.63) is 74.4 Å². The number of hydrogen-bond donors (Lipinski definition) is 2. The molecule has 2 heterocycles. The molecule has 0 atom stereocenters. The van der Waals surface area contributed by atoms with Gasteiger partial charge in [0, 0.05) is 23.8 Å². The fraction of sp³-hybridized carbons (Fsp3) is 0.393. The quantitative estimate of drug-likeness (QED) is 0.353. The molecule has 0 bridgehead atoms. The number of hydrogen-bond acceptors (Lipinski definition) is 5. The number of rotatable bonds is 9. The Morgan fingerprint density at radius 2 is 1.76 bits per heavy atom. The molecule has 0 aliphatic rings. The van der Waals surface area contributed by atoms with Gasteiger partial charge < -0.3 is 10.6 Å². The molecule has 2 aromatic heterocycles. The van der Waals surface area contributed by atoms with Gasteiger partial charge >= 0.3 is 5.69 Å². The standard InChI is InChI=1S/C28H34N6O4/c1-6-19-9-7-8-10-22(19)30-24(35)16-33-28(38)34-23-15-20(25(36)29-18(4)5)11-12-21(23)26(37)32(27(34)31-33)14-13-17(2)3/h7-12,15,17-18H,6,13-14,16H2,1-5H3,(H,29,36)(H,30,35). The van der Waals surface area contributed by atoms with Gasteiger partial charge in [0.2, 0.25) is 11.7 Å². The molecule has 0 saturated heterocycles. The van der Waals surface area contributed by atoms with Crippen molar-refractivity contribution in [2.45, 2.75) is 66.6 Å². The minimum absolute atomic E-state index is 0.0796. The van der Waals surface area contributed by atoms with Crippen LogP contribution in [0.15, 0.2) is 52.1 Å². The molecular formula is C28H34N6O4. The molecule has 4 aromatic rings. The van der Waals surface area contributed by atoms with Crippen molar-refractivity contribution < 1.29 is 9.59 Å². The summed E-state index contributed by atoms with van der Waals surface area (Å²) in [5.74, 6) is -0.267. The Labute approximate surface area is 220 Å². The molecule has 0 unspecified atom stereocenters. The topological polar surface area (TPSA) is 120 Å². The van der Waals surface area contributed by atoms with Crippen LogP contribution in [0.1, 0.15) is 57.0 Å². The molecule has 0 aliphatic heterocycles. The van der Waals surface area contributed by atoms with Crippen molar-refractivity contribution in [3.63, 3.8) is 0 Å². The Morgan fingerprint density at radius 1 is 1.03 bits per heavy atom. The van der Waals surface area contributed by atoms with E-state index in [1.807, 2.05) is 58.9 Å². The van der Waals surface area contributed by atoms with Gasteiger partial charge in [-0.25, -0.2) is 13.9 Å². The fourth-order valence-corrected chi connectivity index (χ4v) is 4.37. The third-order valence-corrected chi connectivity index (χ3v) is 6.36. The first kappa shape index (κ1) is 26.8. The molecule has 0 radical (unpaired) electrons. The number of amides is 2. The number of nitrogens with one attached hydrogen (secondary N) is 2. The van der Waals surface area contributed by atoms with Gasteiger partial charge in [0.15, 0.2) is 0 Å². The summed E-state index contributed by atoms with van der Waals surface area (Å²) in [6.45, 7) is 9.82. The highest BCUT2D eigenvalue weighted by atomic mass is 16.2. The highest BCUT2D eigenvalue weighted by Gasteiger charge is 2.20. The largest absolute Gasteiger partial charge is 0.352 e. The average molecular weight is 519 g/mol. The predicted molar refractivity (Wildman–Crippen MR) is 148 cm³/mol. The molecule has 2 N–H and O–H groups in total. The average Bonchev–Trinajstić information content (AvgIpc) is 3.18. The molecule has 0 fully saturated rings. The summed E-state index contributed by atoms with van der Waals surface area (Å²) < 4.78 is 3.85. The van der Waals surface area contributed by atoms with E-state index in [2.05, 4.69) is 15.7 Å². The van der Waals surface area contributed by atoms with Crippen LogP contribution in [-0.4, -0.2) is 36.6 Å². The summed E-state index contributed by atoms with van der Waals surface area (Å²) >= 11 is 0. The Balaban J connectivity index is 1.84. The zero-order chi connectivity index (χ0) is 27.6. The Hall–Kier alpha value is -4.21. The maximum Gasteiger partial charge on any atom is 0.352 e. The van der Waals surface area contributed by atoms with Gasteiger partial charge in [-0.15, -0.1) is 5.10 Å². The van der Waals surface area contributed by atoms with Gasteiger partial charge in [0.25, 0.3) is 11.5 Å². The van der Waals surface area contributed by atoms with Crippen molar-refractivity contribution in [3.8, 4) is 0 Å². The summed E-state index contributed by atoms with van der Waals surface area (Å²) in [5.41, 5.74) is 1.38. The van der Waals surface area contributed by atoms with E-state index in [4.69, 9.17) is 0 Å². The highest BCUT2D eigenvalue weighted by molar-refractivity contribution is 5.98. The number of aryl methyl sites for hydroxylation is 2. The van der Waals surface area contributed by atoms with Crippen molar-refractivity contribution in [1.82, 2.24) is 24.1 Å². The van der Waals surface area contributed by atoms with E-state index in [-0.39, 0.29) is 35.3 Å². The minimum Gasteiger partial charge on any atom is -0.350 e. The minimum atomic E-state index is -0.566. The van der Waals surface area contributed by atoms with E-state index in [9.17, 15) is 19.2 Å². The molecular weight excluding hydrogens is 484 g/mol. The third kappa shape index (κ3) is 5.39. The van der Waals surface area contributed by atoms with Crippen LogP contribution in [0.2, 0.25) is 0 Å². The van der Waals surface area contributed by atoms with Gasteiger partial charge in [-0.2, -0.15) is 0 Å². The number of aromatic nitrogens is 4. The molecule has 0 saturated carbocycles. The normalized spacial score (nSPS) is 11.6. The van der Waals surface area contributed by atoms with Crippen LogP contribution < -0.4 is 21.9 Å². The van der Waals surface area contributed by atoms with Crippen molar-refractivity contribution in [2.75, 3.05) is 5.32 Å². The lowest BCUT2D eigenvalue weighted by molar-refractivity contribution is -0.117. The van der Waals surface area contributed by atoms with Crippen LogP contribution in [0.25, 0.3) is 16.7 Å². The van der Waals surface area contributed by atoms with E-state index in [1.165, 1.54) is 15.0 Å². The summed E-state index contributed by atoms with van der Waals surface area (Å²) in [6, 6.07) is 12.1. The first-order valence-electron chi connectivity index (χ1n) is 13.0. The summed E-state index contributed by atoms with van der Waals surface area (Å²) in [6.07, 6.45) is 1.44. The zero-order valence-electron chi connectivity index (χ0n) is 22.4. The second kappa shape index (κ2) is 11.0. The second-order valence-corrected chi connectivity index (χ2v) is 10.1. The molecule has 10 nitrogen and oxygen atoms in total. The summed E-state index contributed by atoms with van der Waals surface area (Å²) in [5, 5.41) is 10.4. The van der Waals surface area contributed by atoms with Gasteiger partial charge in [-0.3, -0.25) is 19.0 Å². The highest BCUT2D eigenvalue weighted by Crippen LogP contribution is 2.17. The number of nitrogens with zero attached hydrogens (tertiary/aromatic N) is 4. The van der Waals surface area contributed by atoms with Crippen LogP contribution in [0.4, 0.5) is 5.69 Å². The van der Waals surface area contributed by atoms with E-state index in [0.717, 1.165) is 16.7 Å². The van der Waals surface area contributed by atoms with E-state index < -0.39 is 11.6 Å². The molecule has 2 aromatic carbocycles. The maximum atomic E-state index is 13.6. The predicted octanol–water partition coefficient (Wildman–Crippen LogP) is 3.20. The van der Waals surface area contributed by atoms with Crippen LogP contribution in [0.5, 0.6) is 0 Å². The maximum absolute atomic E-state index is 13.6. The fourth-order valence-electron chi connectivity index (χ4n) is 4.37. The summed E-state index contributed by atoms with van der Waals surface area (Å²) in [7, 11) is 0. The van der Waals surface area contributed by atoms with Gasteiger partial charge in [-0.1, -0.05) is 39.0 Å². The second-order valence-electron chi connectivity index (χ2n) is 10.1. The Morgan fingerprint density at radius 3 is 2.45 bits per heavy atom. The van der Waals surface area contributed by atoms with Gasteiger partial charge in [0.05, 0.1) is 10.9 Å². The Bertz CT molecular complexity index is 1630. The number of carbonyl (C=O) groups excluding carboxylic acids is 2. The van der Waals surface area contributed by atoms with E-state index in [1.54, 1.807) is 12.1 Å². The number of para-hydroxylation sites is 1. The molecule has 10 heteroatoms. The van der Waals surface area contributed by atoms with Gasteiger partial charge in [0.1, 0.15) is 6.54 Å². The third-order valence-electron chi connectivity index (χ3n) is 6.36. The first-order chi connectivity index (χ1) is 18.1. The van der Waals surface area contributed by atoms with Crippen LogP contribution in [0.3, 0.4) is 0 Å². The monoisotopic (exact) mass is 518 g/mol. The zero-order valence-corrected chi connectivity index (χ0v) is 22.4. The van der Waals surface area contributed by atoms with Crippen LogP contribution in [0, 0.1) is 5.92 Å². The van der Waals surface area contributed by atoms with Crippen molar-refractivity contribution in [2.24, 2.45) is 5.92 Å². The number of benzene rings is 2. The molecule has 0 aliphatic carbocycles. The molecule has 0 spiro atoms. The summed E-state index contributed by atoms with van der Waals surface area (Å²) in [4.78, 5) is 52.7.